The monoisotopic (exact) mass is 390 g/mol. The Kier molecular flexibility index (Phi) is 5.62. The minimum Gasteiger partial charge on any atom is -0.494 e. The third kappa shape index (κ3) is 4.49. The van der Waals surface area contributed by atoms with E-state index < -0.39 is 0 Å². The van der Waals surface area contributed by atoms with E-state index in [0.29, 0.717) is 18.1 Å². The molecular weight excluding hydrogens is 364 g/mol. The van der Waals surface area contributed by atoms with Crippen LogP contribution in [0.4, 0.5) is 5.69 Å². The normalized spacial score (nSPS) is 13.8. The summed E-state index contributed by atoms with van der Waals surface area (Å²) in [6.07, 6.45) is 1.76. The van der Waals surface area contributed by atoms with Crippen LogP contribution >= 0.6 is 0 Å². The first-order valence-corrected chi connectivity index (χ1v) is 10.0. The molecular formula is C23H26N4O2. The predicted molar refractivity (Wildman–Crippen MR) is 115 cm³/mol. The molecule has 0 radical (unpaired) electrons. The lowest BCUT2D eigenvalue weighted by Gasteiger charge is -2.27. The number of aromatic nitrogens is 2. The molecule has 6 heteroatoms. The second kappa shape index (κ2) is 8.49. The van der Waals surface area contributed by atoms with Gasteiger partial charge in [0.25, 0.3) is 5.56 Å². The number of aromatic amines is 1. The zero-order valence-electron chi connectivity index (χ0n) is 16.6. The summed E-state index contributed by atoms with van der Waals surface area (Å²) in [5, 5.41) is 0. The van der Waals surface area contributed by atoms with Crippen molar-refractivity contribution in [2.75, 3.05) is 18.9 Å². The molecule has 3 N–H and O–H groups in total. The van der Waals surface area contributed by atoms with Crippen LogP contribution in [0.3, 0.4) is 0 Å². The van der Waals surface area contributed by atoms with E-state index in [4.69, 9.17) is 15.5 Å². The Bertz CT molecular complexity index is 1030. The highest BCUT2D eigenvalue weighted by atomic mass is 16.5. The molecule has 29 heavy (non-hydrogen) atoms. The van der Waals surface area contributed by atoms with Crippen molar-refractivity contribution in [1.29, 1.82) is 0 Å². The van der Waals surface area contributed by atoms with E-state index in [1.54, 1.807) is 0 Å². The van der Waals surface area contributed by atoms with Crippen LogP contribution < -0.4 is 16.0 Å². The molecule has 1 aromatic heterocycles. The number of benzene rings is 2. The molecule has 150 valence electrons. The van der Waals surface area contributed by atoms with E-state index in [0.717, 1.165) is 55.1 Å². The molecule has 6 nitrogen and oxygen atoms in total. The zero-order chi connectivity index (χ0) is 20.2. The van der Waals surface area contributed by atoms with E-state index in [2.05, 4.69) is 28.9 Å². The van der Waals surface area contributed by atoms with Gasteiger partial charge in [0.15, 0.2) is 0 Å². The molecule has 0 fully saturated rings. The number of ether oxygens (including phenoxy) is 1. The molecule has 1 aliphatic heterocycles. The zero-order valence-corrected chi connectivity index (χ0v) is 16.6. The Balaban J connectivity index is 1.47. The van der Waals surface area contributed by atoms with Gasteiger partial charge in [-0.1, -0.05) is 19.1 Å². The molecule has 0 unspecified atom stereocenters. The van der Waals surface area contributed by atoms with Crippen molar-refractivity contribution in [2.24, 2.45) is 0 Å². The van der Waals surface area contributed by atoms with Gasteiger partial charge in [-0.25, -0.2) is 4.98 Å². The summed E-state index contributed by atoms with van der Waals surface area (Å²) < 4.78 is 5.64. The number of nitrogen functional groups attached to an aromatic ring is 1. The van der Waals surface area contributed by atoms with Crippen LogP contribution in [0.15, 0.2) is 53.3 Å². The van der Waals surface area contributed by atoms with Gasteiger partial charge in [0.1, 0.15) is 11.6 Å². The van der Waals surface area contributed by atoms with Gasteiger partial charge >= 0.3 is 0 Å². The standard InChI is InChI=1S/C23H26N4O2/c1-2-13-29-19-9-3-16(4-10-19)14-27-12-11-21-20(15-27)23(28)26-22(25-21)17-5-7-18(24)8-6-17/h3-10H,2,11-15,24H2,1H3,(H,25,26,28). The first-order valence-electron chi connectivity index (χ1n) is 10.0. The van der Waals surface area contributed by atoms with Crippen LogP contribution in [0.25, 0.3) is 11.4 Å². The summed E-state index contributed by atoms with van der Waals surface area (Å²) in [4.78, 5) is 22.6. The highest BCUT2D eigenvalue weighted by Gasteiger charge is 2.21. The summed E-state index contributed by atoms with van der Waals surface area (Å²) in [6.45, 7) is 5.10. The summed E-state index contributed by atoms with van der Waals surface area (Å²) >= 11 is 0. The summed E-state index contributed by atoms with van der Waals surface area (Å²) in [6, 6.07) is 15.6. The smallest absolute Gasteiger partial charge is 0.255 e. The van der Waals surface area contributed by atoms with Gasteiger partial charge in [-0.2, -0.15) is 0 Å². The second-order valence-electron chi connectivity index (χ2n) is 7.41. The van der Waals surface area contributed by atoms with E-state index in [-0.39, 0.29) is 5.56 Å². The van der Waals surface area contributed by atoms with Gasteiger partial charge in [-0.05, 0) is 48.4 Å². The molecule has 4 rings (SSSR count). The van der Waals surface area contributed by atoms with Gasteiger partial charge in [0.2, 0.25) is 0 Å². The lowest BCUT2D eigenvalue weighted by atomic mass is 10.1. The number of fused-ring (bicyclic) bond motifs is 1. The molecule has 3 aromatic rings. The molecule has 0 spiro atoms. The van der Waals surface area contributed by atoms with Crippen LogP contribution in [0.2, 0.25) is 0 Å². The fourth-order valence-corrected chi connectivity index (χ4v) is 3.56. The Morgan fingerprint density at radius 1 is 1.14 bits per heavy atom. The van der Waals surface area contributed by atoms with E-state index in [1.165, 1.54) is 5.56 Å². The molecule has 0 amide bonds. The highest BCUT2D eigenvalue weighted by molar-refractivity contribution is 5.58. The maximum atomic E-state index is 12.7. The average Bonchev–Trinajstić information content (AvgIpc) is 2.74. The first-order chi connectivity index (χ1) is 14.1. The summed E-state index contributed by atoms with van der Waals surface area (Å²) in [5.74, 6) is 1.50. The maximum absolute atomic E-state index is 12.7. The number of rotatable bonds is 6. The van der Waals surface area contributed by atoms with Gasteiger partial charge in [-0.3, -0.25) is 9.69 Å². The molecule has 0 bridgehead atoms. The average molecular weight is 390 g/mol. The van der Waals surface area contributed by atoms with E-state index in [1.807, 2.05) is 36.4 Å². The van der Waals surface area contributed by atoms with Crippen LogP contribution in [-0.2, 0) is 19.5 Å². The third-order valence-corrected chi connectivity index (χ3v) is 5.13. The van der Waals surface area contributed by atoms with Crippen LogP contribution in [-0.4, -0.2) is 28.0 Å². The Labute approximate surface area is 170 Å². The van der Waals surface area contributed by atoms with Crippen LogP contribution in [0, 0.1) is 0 Å². The van der Waals surface area contributed by atoms with Crippen molar-refractivity contribution < 1.29 is 4.74 Å². The largest absolute Gasteiger partial charge is 0.494 e. The predicted octanol–water partition coefficient (Wildman–Crippen LogP) is 3.37. The molecule has 2 aromatic carbocycles. The highest BCUT2D eigenvalue weighted by Crippen LogP contribution is 2.21. The van der Waals surface area contributed by atoms with Gasteiger partial charge < -0.3 is 15.5 Å². The van der Waals surface area contributed by atoms with Crippen molar-refractivity contribution in [3.8, 4) is 17.1 Å². The molecule has 2 heterocycles. The SMILES string of the molecule is CCCOc1ccc(CN2CCc3nc(-c4ccc(N)cc4)[nH]c(=O)c3C2)cc1. The summed E-state index contributed by atoms with van der Waals surface area (Å²) in [5.41, 5.74) is 10.1. The molecule has 0 atom stereocenters. The van der Waals surface area contributed by atoms with Gasteiger partial charge in [0, 0.05) is 37.3 Å². The molecule has 0 saturated heterocycles. The topological polar surface area (TPSA) is 84.2 Å². The van der Waals surface area contributed by atoms with Crippen molar-refractivity contribution in [2.45, 2.75) is 32.9 Å². The third-order valence-electron chi connectivity index (χ3n) is 5.13. The number of nitrogens with one attached hydrogen (secondary N) is 1. The molecule has 1 aliphatic rings. The second-order valence-corrected chi connectivity index (χ2v) is 7.41. The Morgan fingerprint density at radius 2 is 1.90 bits per heavy atom. The van der Waals surface area contributed by atoms with Crippen molar-refractivity contribution in [3.63, 3.8) is 0 Å². The maximum Gasteiger partial charge on any atom is 0.255 e. The summed E-state index contributed by atoms with van der Waals surface area (Å²) in [7, 11) is 0. The van der Waals surface area contributed by atoms with Crippen molar-refractivity contribution in [1.82, 2.24) is 14.9 Å². The fraction of sp³-hybridized carbons (Fsp3) is 0.304. The quantitative estimate of drug-likeness (QED) is 0.631. The minimum absolute atomic E-state index is 0.0603. The number of nitrogens with zero attached hydrogens (tertiary/aromatic N) is 2. The lowest BCUT2D eigenvalue weighted by Crippen LogP contribution is -2.35. The molecule has 0 saturated carbocycles. The van der Waals surface area contributed by atoms with Crippen LogP contribution in [0.5, 0.6) is 5.75 Å². The minimum atomic E-state index is -0.0603. The fourth-order valence-electron chi connectivity index (χ4n) is 3.56. The van der Waals surface area contributed by atoms with Crippen LogP contribution in [0.1, 0.15) is 30.2 Å². The number of H-pyrrole nitrogens is 1. The lowest BCUT2D eigenvalue weighted by molar-refractivity contribution is 0.241. The number of hydrogen-bond donors (Lipinski definition) is 2. The molecule has 0 aliphatic carbocycles. The van der Waals surface area contributed by atoms with Crippen molar-refractivity contribution in [3.05, 3.63) is 75.7 Å². The number of anilines is 1. The van der Waals surface area contributed by atoms with E-state index in [9.17, 15) is 4.79 Å². The number of hydrogen-bond acceptors (Lipinski definition) is 5. The Morgan fingerprint density at radius 3 is 2.62 bits per heavy atom. The first kappa shape index (κ1) is 19.2. The van der Waals surface area contributed by atoms with E-state index >= 15 is 0 Å². The Hall–Kier alpha value is -3.12. The van der Waals surface area contributed by atoms with Gasteiger partial charge in [-0.15, -0.1) is 0 Å². The number of nitrogens with two attached hydrogens (primary N) is 1. The van der Waals surface area contributed by atoms with Crippen molar-refractivity contribution >= 4 is 5.69 Å². The van der Waals surface area contributed by atoms with Gasteiger partial charge in [0.05, 0.1) is 17.9 Å².